The fourth-order valence-electron chi connectivity index (χ4n) is 4.40. The molecule has 3 rings (SSSR count). The lowest BCUT2D eigenvalue weighted by molar-refractivity contribution is 0.119. The van der Waals surface area contributed by atoms with Gasteiger partial charge in [-0.2, -0.15) is 0 Å². The van der Waals surface area contributed by atoms with Gasteiger partial charge in [0, 0.05) is 43.7 Å². The molecule has 6 nitrogen and oxygen atoms in total. The van der Waals surface area contributed by atoms with Gasteiger partial charge in [-0.1, -0.05) is 79.7 Å². The van der Waals surface area contributed by atoms with Gasteiger partial charge in [-0.15, -0.1) is 0 Å². The van der Waals surface area contributed by atoms with Crippen molar-refractivity contribution in [3.63, 3.8) is 0 Å². The number of rotatable bonds is 10. The molecule has 1 fully saturated rings. The molecule has 190 valence electrons. The molecule has 4 amide bonds. The summed E-state index contributed by atoms with van der Waals surface area (Å²) in [6.45, 7) is 8.19. The molecule has 0 radical (unpaired) electrons. The summed E-state index contributed by atoms with van der Waals surface area (Å²) < 4.78 is 0.922. The quantitative estimate of drug-likeness (QED) is 0.300. The predicted molar refractivity (Wildman–Crippen MR) is 147 cm³/mol. The first kappa shape index (κ1) is 27.1. The molecule has 0 unspecified atom stereocenters. The number of halogens is 1. The van der Waals surface area contributed by atoms with Gasteiger partial charge in [0.1, 0.15) is 0 Å². The van der Waals surface area contributed by atoms with Crippen molar-refractivity contribution in [2.24, 2.45) is 0 Å². The van der Waals surface area contributed by atoms with E-state index < -0.39 is 0 Å². The Morgan fingerprint density at radius 2 is 1.29 bits per heavy atom. The summed E-state index contributed by atoms with van der Waals surface area (Å²) in [4.78, 5) is 34.6. The lowest BCUT2D eigenvalue weighted by atomic mass is 10.2. The minimum absolute atomic E-state index is 0.0656. The number of hydrogen-bond donors (Lipinski definition) is 0. The molecule has 0 aliphatic carbocycles. The highest BCUT2D eigenvalue weighted by molar-refractivity contribution is 9.10. The van der Waals surface area contributed by atoms with E-state index in [0.717, 1.165) is 67.5 Å². The van der Waals surface area contributed by atoms with Crippen LogP contribution in [0.1, 0.15) is 52.4 Å². The van der Waals surface area contributed by atoms with Crippen molar-refractivity contribution in [2.75, 3.05) is 44.2 Å². The van der Waals surface area contributed by atoms with Gasteiger partial charge in [-0.05, 0) is 43.2 Å². The lowest BCUT2D eigenvalue weighted by Gasteiger charge is -2.39. The minimum Gasteiger partial charge on any atom is -0.325 e. The van der Waals surface area contributed by atoms with Crippen LogP contribution in [0.2, 0.25) is 0 Å². The zero-order valence-corrected chi connectivity index (χ0v) is 22.8. The van der Waals surface area contributed by atoms with Crippen molar-refractivity contribution in [3.8, 4) is 0 Å². The first-order valence-corrected chi connectivity index (χ1v) is 13.8. The number of piperazine rings is 1. The van der Waals surface area contributed by atoms with Gasteiger partial charge < -0.3 is 14.7 Å². The molecule has 0 saturated carbocycles. The Balaban J connectivity index is 1.67. The van der Waals surface area contributed by atoms with Crippen LogP contribution in [0.15, 0.2) is 59.1 Å². The van der Waals surface area contributed by atoms with Crippen molar-refractivity contribution in [3.05, 3.63) is 59.1 Å². The Labute approximate surface area is 219 Å². The average molecular weight is 544 g/mol. The van der Waals surface area contributed by atoms with Crippen LogP contribution in [0.4, 0.5) is 21.0 Å². The molecule has 0 atom stereocenters. The summed E-state index contributed by atoms with van der Waals surface area (Å²) >= 11 is 3.53. The molecule has 2 aromatic carbocycles. The maximum Gasteiger partial charge on any atom is 0.329 e. The summed E-state index contributed by atoms with van der Waals surface area (Å²) in [5.74, 6) is 0. The van der Waals surface area contributed by atoms with Gasteiger partial charge in [0.25, 0.3) is 0 Å². The van der Waals surface area contributed by atoms with E-state index in [1.807, 2.05) is 69.3 Å². The summed E-state index contributed by atoms with van der Waals surface area (Å²) in [5.41, 5.74) is 1.64. The van der Waals surface area contributed by atoms with Crippen LogP contribution in [0.25, 0.3) is 0 Å². The molecular weight excluding hydrogens is 504 g/mol. The molecule has 2 aromatic rings. The van der Waals surface area contributed by atoms with Crippen molar-refractivity contribution in [1.82, 2.24) is 14.7 Å². The van der Waals surface area contributed by atoms with E-state index in [9.17, 15) is 9.59 Å². The van der Waals surface area contributed by atoms with Crippen molar-refractivity contribution in [2.45, 2.75) is 52.4 Å². The third-order valence-corrected chi connectivity index (χ3v) is 6.92. The average Bonchev–Trinajstić information content (AvgIpc) is 2.88. The van der Waals surface area contributed by atoms with Gasteiger partial charge in [0.05, 0.1) is 11.4 Å². The predicted octanol–water partition coefficient (Wildman–Crippen LogP) is 7.13. The standard InChI is InChI=1S/C28H39BrN4O2/c1-3-5-10-17-30(18-11-6-4-2)27(34)31-19-21-32(22-20-31)28(35)33(25-14-8-7-9-15-25)26-16-12-13-24(29)23-26/h7-9,12-16,23H,3-6,10-11,17-22H2,1-2H3. The molecule has 1 saturated heterocycles. The van der Waals surface area contributed by atoms with Crippen LogP contribution in [0, 0.1) is 0 Å². The van der Waals surface area contributed by atoms with Gasteiger partial charge >= 0.3 is 12.1 Å². The number of anilines is 2. The number of amides is 4. The van der Waals surface area contributed by atoms with Crippen molar-refractivity contribution < 1.29 is 9.59 Å². The number of benzene rings is 2. The minimum atomic E-state index is -0.0656. The number of urea groups is 2. The zero-order valence-electron chi connectivity index (χ0n) is 21.2. The smallest absolute Gasteiger partial charge is 0.325 e. The first-order chi connectivity index (χ1) is 17.0. The number of carbonyl (C=O) groups is 2. The third-order valence-electron chi connectivity index (χ3n) is 6.43. The molecule has 0 spiro atoms. The van der Waals surface area contributed by atoms with Gasteiger partial charge in [-0.25, -0.2) is 9.59 Å². The largest absolute Gasteiger partial charge is 0.329 e. The van der Waals surface area contributed by atoms with E-state index in [2.05, 4.69) is 29.8 Å². The lowest BCUT2D eigenvalue weighted by Crippen LogP contribution is -2.56. The third kappa shape index (κ3) is 7.72. The van der Waals surface area contributed by atoms with E-state index in [0.29, 0.717) is 26.2 Å². The Hall–Kier alpha value is -2.54. The molecule has 1 aliphatic rings. The van der Waals surface area contributed by atoms with Crippen LogP contribution in [0.5, 0.6) is 0 Å². The van der Waals surface area contributed by atoms with Crippen LogP contribution >= 0.6 is 15.9 Å². The molecule has 0 N–H and O–H groups in total. The van der Waals surface area contributed by atoms with E-state index in [1.54, 1.807) is 4.90 Å². The Kier molecular flexibility index (Phi) is 10.9. The van der Waals surface area contributed by atoms with E-state index in [1.165, 1.54) is 0 Å². The summed E-state index contributed by atoms with van der Waals surface area (Å²) in [6, 6.07) is 17.6. The highest BCUT2D eigenvalue weighted by atomic mass is 79.9. The number of carbonyl (C=O) groups excluding carboxylic acids is 2. The highest BCUT2D eigenvalue weighted by Crippen LogP contribution is 2.29. The Morgan fingerprint density at radius 1 is 0.743 bits per heavy atom. The monoisotopic (exact) mass is 542 g/mol. The van der Waals surface area contributed by atoms with Crippen LogP contribution in [-0.4, -0.2) is 66.0 Å². The molecule has 35 heavy (non-hydrogen) atoms. The normalized spacial score (nSPS) is 13.6. The van der Waals surface area contributed by atoms with Crippen LogP contribution < -0.4 is 4.90 Å². The Bertz CT molecular complexity index is 922. The topological polar surface area (TPSA) is 47.1 Å². The van der Waals surface area contributed by atoms with Gasteiger partial charge in [-0.3, -0.25) is 4.90 Å². The summed E-state index contributed by atoms with van der Waals surface area (Å²) in [6.07, 6.45) is 6.67. The molecule has 0 aromatic heterocycles. The first-order valence-electron chi connectivity index (χ1n) is 13.0. The van der Waals surface area contributed by atoms with E-state index in [4.69, 9.17) is 0 Å². The summed E-state index contributed by atoms with van der Waals surface area (Å²) in [7, 11) is 0. The molecule has 1 heterocycles. The van der Waals surface area contributed by atoms with E-state index >= 15 is 0 Å². The maximum atomic E-state index is 13.7. The SMILES string of the molecule is CCCCCN(CCCCC)C(=O)N1CCN(C(=O)N(c2ccccc2)c2cccc(Br)c2)CC1. The maximum absolute atomic E-state index is 13.7. The van der Waals surface area contributed by atoms with Crippen LogP contribution in [-0.2, 0) is 0 Å². The van der Waals surface area contributed by atoms with Gasteiger partial charge in [0.15, 0.2) is 0 Å². The fraction of sp³-hybridized carbons (Fsp3) is 0.500. The van der Waals surface area contributed by atoms with Crippen molar-refractivity contribution in [1.29, 1.82) is 0 Å². The summed E-state index contributed by atoms with van der Waals surface area (Å²) in [5, 5.41) is 0. The van der Waals surface area contributed by atoms with Crippen molar-refractivity contribution >= 4 is 39.4 Å². The number of nitrogens with zero attached hydrogens (tertiary/aromatic N) is 4. The number of para-hydroxylation sites is 1. The van der Waals surface area contributed by atoms with Crippen LogP contribution in [0.3, 0.4) is 0 Å². The number of unbranched alkanes of at least 4 members (excludes halogenated alkanes) is 4. The van der Waals surface area contributed by atoms with Gasteiger partial charge in [0.2, 0.25) is 0 Å². The molecular formula is C28H39BrN4O2. The fourth-order valence-corrected chi connectivity index (χ4v) is 4.79. The molecule has 7 heteroatoms. The second-order valence-corrected chi connectivity index (χ2v) is 10.0. The van der Waals surface area contributed by atoms with E-state index in [-0.39, 0.29) is 12.1 Å². The second kappa shape index (κ2) is 14.1. The molecule has 1 aliphatic heterocycles. The number of hydrogen-bond acceptors (Lipinski definition) is 2. The molecule has 0 bridgehead atoms. The zero-order chi connectivity index (χ0) is 25.0. The highest BCUT2D eigenvalue weighted by Gasteiger charge is 2.30. The Morgan fingerprint density at radius 3 is 1.83 bits per heavy atom. The second-order valence-electron chi connectivity index (χ2n) is 9.09.